The molecule has 21 heavy (non-hydrogen) atoms. The lowest BCUT2D eigenvalue weighted by Crippen LogP contribution is -2.51. The number of amides is 1. The quantitative estimate of drug-likeness (QED) is 0.845. The van der Waals surface area contributed by atoms with Crippen LogP contribution in [0.3, 0.4) is 0 Å². The second kappa shape index (κ2) is 6.54. The topological polar surface area (TPSA) is 45.7 Å². The summed E-state index contributed by atoms with van der Waals surface area (Å²) in [6.45, 7) is 6.28. The number of hydrogen-bond donors (Lipinski definition) is 0. The van der Waals surface area contributed by atoms with E-state index in [2.05, 4.69) is 22.9 Å². The van der Waals surface area contributed by atoms with Gasteiger partial charge in [0.15, 0.2) is 0 Å². The molecule has 2 saturated heterocycles. The van der Waals surface area contributed by atoms with Gasteiger partial charge in [-0.1, -0.05) is 6.07 Å². The van der Waals surface area contributed by atoms with Gasteiger partial charge in [-0.15, -0.1) is 0 Å². The van der Waals surface area contributed by atoms with E-state index in [4.69, 9.17) is 4.74 Å². The molecule has 0 aromatic carbocycles. The third-order valence-electron chi connectivity index (χ3n) is 4.49. The Morgan fingerprint density at radius 2 is 2.14 bits per heavy atom. The monoisotopic (exact) mass is 289 g/mol. The Morgan fingerprint density at radius 1 is 1.33 bits per heavy atom. The van der Waals surface area contributed by atoms with Gasteiger partial charge in [-0.3, -0.25) is 14.7 Å². The number of ether oxygens (including phenoxy) is 1. The molecule has 2 unspecified atom stereocenters. The molecule has 3 heterocycles. The highest BCUT2D eigenvalue weighted by atomic mass is 16.5. The summed E-state index contributed by atoms with van der Waals surface area (Å²) in [5.74, 6) is 0.178. The first-order valence-electron chi connectivity index (χ1n) is 7.81. The summed E-state index contributed by atoms with van der Waals surface area (Å²) >= 11 is 0. The molecule has 5 heteroatoms. The summed E-state index contributed by atoms with van der Waals surface area (Å²) in [5, 5.41) is 0. The van der Waals surface area contributed by atoms with E-state index in [9.17, 15) is 4.79 Å². The van der Waals surface area contributed by atoms with Gasteiger partial charge in [-0.2, -0.15) is 0 Å². The largest absolute Gasteiger partial charge is 0.368 e. The molecule has 114 valence electrons. The maximum Gasteiger partial charge on any atom is 0.251 e. The molecule has 0 radical (unpaired) electrons. The van der Waals surface area contributed by atoms with Crippen LogP contribution in [0.2, 0.25) is 0 Å². The van der Waals surface area contributed by atoms with E-state index >= 15 is 0 Å². The van der Waals surface area contributed by atoms with E-state index in [1.165, 1.54) is 0 Å². The minimum atomic E-state index is -0.190. The molecule has 1 aromatic rings. The maximum absolute atomic E-state index is 12.3. The van der Waals surface area contributed by atoms with Crippen LogP contribution >= 0.6 is 0 Å². The molecule has 0 bridgehead atoms. The Balaban J connectivity index is 1.54. The van der Waals surface area contributed by atoms with Gasteiger partial charge in [-0.25, -0.2) is 0 Å². The second-order valence-corrected chi connectivity index (χ2v) is 5.79. The number of piperazine rings is 1. The Hall–Kier alpha value is -1.46. The second-order valence-electron chi connectivity index (χ2n) is 5.79. The van der Waals surface area contributed by atoms with Crippen LogP contribution in [0.5, 0.6) is 0 Å². The van der Waals surface area contributed by atoms with Gasteiger partial charge < -0.3 is 9.64 Å². The maximum atomic E-state index is 12.3. The first-order valence-corrected chi connectivity index (χ1v) is 7.81. The van der Waals surface area contributed by atoms with Crippen LogP contribution in [-0.4, -0.2) is 59.6 Å². The zero-order chi connectivity index (χ0) is 14.7. The van der Waals surface area contributed by atoms with Crippen molar-refractivity contribution >= 4 is 5.91 Å². The Labute approximate surface area is 125 Å². The number of pyridine rings is 1. The number of carbonyl (C=O) groups is 1. The molecule has 5 nitrogen and oxygen atoms in total. The van der Waals surface area contributed by atoms with Gasteiger partial charge in [0.2, 0.25) is 0 Å². The van der Waals surface area contributed by atoms with Crippen LogP contribution in [0.4, 0.5) is 0 Å². The van der Waals surface area contributed by atoms with Crippen molar-refractivity contribution in [3.63, 3.8) is 0 Å². The highest BCUT2D eigenvalue weighted by Crippen LogP contribution is 2.21. The fourth-order valence-electron chi connectivity index (χ4n) is 3.12. The molecule has 2 aliphatic rings. The summed E-state index contributed by atoms with van der Waals surface area (Å²) in [4.78, 5) is 21.1. The molecule has 0 saturated carbocycles. The van der Waals surface area contributed by atoms with E-state index < -0.39 is 0 Å². The number of carbonyl (C=O) groups excluding carboxylic acids is 1. The molecular formula is C16H23N3O2. The Morgan fingerprint density at radius 3 is 2.76 bits per heavy atom. The molecule has 1 aromatic heterocycles. The molecule has 2 atom stereocenters. The minimum Gasteiger partial charge on any atom is -0.368 e. The zero-order valence-electron chi connectivity index (χ0n) is 12.6. The molecule has 0 spiro atoms. The normalized spacial score (nSPS) is 25.0. The average molecular weight is 289 g/mol. The van der Waals surface area contributed by atoms with Crippen LogP contribution in [-0.2, 0) is 9.53 Å². The first-order chi connectivity index (χ1) is 10.3. The van der Waals surface area contributed by atoms with Gasteiger partial charge in [0, 0.05) is 45.0 Å². The van der Waals surface area contributed by atoms with Gasteiger partial charge in [0.25, 0.3) is 5.91 Å². The van der Waals surface area contributed by atoms with E-state index in [1.54, 1.807) is 0 Å². The molecular weight excluding hydrogens is 266 g/mol. The van der Waals surface area contributed by atoms with Gasteiger partial charge in [0.1, 0.15) is 6.10 Å². The molecule has 1 amide bonds. The number of nitrogens with zero attached hydrogens (tertiary/aromatic N) is 3. The summed E-state index contributed by atoms with van der Waals surface area (Å²) < 4.78 is 5.50. The smallest absolute Gasteiger partial charge is 0.251 e. The minimum absolute atomic E-state index is 0.178. The third-order valence-corrected chi connectivity index (χ3v) is 4.49. The zero-order valence-corrected chi connectivity index (χ0v) is 12.6. The van der Waals surface area contributed by atoms with E-state index in [0.717, 1.165) is 51.3 Å². The van der Waals surface area contributed by atoms with E-state index in [-0.39, 0.29) is 12.0 Å². The van der Waals surface area contributed by atoms with Crippen molar-refractivity contribution < 1.29 is 9.53 Å². The van der Waals surface area contributed by atoms with Crippen molar-refractivity contribution in [3.8, 4) is 0 Å². The Bertz CT molecular complexity index is 466. The summed E-state index contributed by atoms with van der Waals surface area (Å²) in [6.07, 6.45) is 3.53. The lowest BCUT2D eigenvalue weighted by atomic mass is 10.1. The standard InChI is InChI=1S/C16H23N3O2/c1-13(14-5-2-3-7-17-14)18-8-10-19(11-9-18)16(20)15-6-4-12-21-15/h2-3,5,7,13,15H,4,6,8-12H2,1H3. The number of rotatable bonds is 3. The highest BCUT2D eigenvalue weighted by Gasteiger charge is 2.31. The van der Waals surface area contributed by atoms with Crippen LogP contribution < -0.4 is 0 Å². The predicted molar refractivity (Wildman–Crippen MR) is 79.8 cm³/mol. The molecule has 3 rings (SSSR count). The highest BCUT2D eigenvalue weighted by molar-refractivity contribution is 5.81. The van der Waals surface area contributed by atoms with Gasteiger partial charge in [0.05, 0.1) is 5.69 Å². The van der Waals surface area contributed by atoms with Crippen LogP contribution in [0, 0.1) is 0 Å². The van der Waals surface area contributed by atoms with Crippen molar-refractivity contribution in [1.29, 1.82) is 0 Å². The van der Waals surface area contributed by atoms with Gasteiger partial charge >= 0.3 is 0 Å². The molecule has 0 N–H and O–H groups in total. The fourth-order valence-corrected chi connectivity index (χ4v) is 3.12. The van der Waals surface area contributed by atoms with Gasteiger partial charge in [-0.05, 0) is 31.9 Å². The number of aromatic nitrogens is 1. The van der Waals surface area contributed by atoms with Crippen LogP contribution in [0.1, 0.15) is 31.5 Å². The first kappa shape index (κ1) is 14.5. The molecule has 0 aliphatic carbocycles. The van der Waals surface area contributed by atoms with E-state index in [1.807, 2.05) is 23.2 Å². The average Bonchev–Trinajstić information content (AvgIpc) is 3.09. The van der Waals surface area contributed by atoms with Crippen LogP contribution in [0.15, 0.2) is 24.4 Å². The van der Waals surface area contributed by atoms with Crippen molar-refractivity contribution in [2.45, 2.75) is 31.9 Å². The SMILES string of the molecule is CC(c1ccccn1)N1CCN(C(=O)C2CCCO2)CC1. The van der Waals surface area contributed by atoms with Crippen molar-refractivity contribution in [3.05, 3.63) is 30.1 Å². The Kier molecular flexibility index (Phi) is 4.51. The third kappa shape index (κ3) is 3.24. The van der Waals surface area contributed by atoms with Crippen molar-refractivity contribution in [2.75, 3.05) is 32.8 Å². The van der Waals surface area contributed by atoms with E-state index in [0.29, 0.717) is 6.04 Å². The number of hydrogen-bond acceptors (Lipinski definition) is 4. The molecule has 2 aliphatic heterocycles. The predicted octanol–water partition coefficient (Wildman–Crippen LogP) is 1.47. The van der Waals surface area contributed by atoms with Crippen LogP contribution in [0.25, 0.3) is 0 Å². The fraction of sp³-hybridized carbons (Fsp3) is 0.625. The lowest BCUT2D eigenvalue weighted by molar-refractivity contribution is -0.143. The summed E-state index contributed by atoms with van der Waals surface area (Å²) in [5.41, 5.74) is 1.09. The van der Waals surface area contributed by atoms with Crippen molar-refractivity contribution in [2.24, 2.45) is 0 Å². The molecule has 2 fully saturated rings. The summed E-state index contributed by atoms with van der Waals surface area (Å²) in [6, 6.07) is 6.32. The van der Waals surface area contributed by atoms with Crippen molar-refractivity contribution in [1.82, 2.24) is 14.8 Å². The lowest BCUT2D eigenvalue weighted by Gasteiger charge is -2.38. The summed E-state index contributed by atoms with van der Waals surface area (Å²) in [7, 11) is 0.